The second-order valence-electron chi connectivity index (χ2n) is 4.23. The third kappa shape index (κ3) is 6.13. The molecule has 0 saturated heterocycles. The van der Waals surface area contributed by atoms with Crippen LogP contribution in [-0.4, -0.2) is 50.2 Å². The summed E-state index contributed by atoms with van der Waals surface area (Å²) in [7, 11) is -1.22. The largest absolute Gasteiger partial charge is 0.383 e. The van der Waals surface area contributed by atoms with E-state index in [9.17, 15) is 8.42 Å². The molecule has 0 saturated carbocycles. The smallest absolute Gasteiger partial charge is 0.147 e. The Morgan fingerprint density at radius 2 is 2.28 bits per heavy atom. The lowest BCUT2D eigenvalue weighted by Gasteiger charge is -2.08. The van der Waals surface area contributed by atoms with E-state index in [1.165, 1.54) is 6.26 Å². The summed E-state index contributed by atoms with van der Waals surface area (Å²) in [5.41, 5.74) is 1.06. The summed E-state index contributed by atoms with van der Waals surface area (Å²) in [6, 6.07) is 0. The van der Waals surface area contributed by atoms with E-state index in [0.29, 0.717) is 26.1 Å². The molecule has 1 N–H and O–H groups in total. The van der Waals surface area contributed by atoms with Gasteiger partial charge >= 0.3 is 0 Å². The van der Waals surface area contributed by atoms with Crippen molar-refractivity contribution in [3.63, 3.8) is 0 Å². The number of hydrogen-bond donors (Lipinski definition) is 1. The van der Waals surface area contributed by atoms with Crippen LogP contribution in [0.15, 0.2) is 12.5 Å². The van der Waals surface area contributed by atoms with E-state index in [1.54, 1.807) is 19.6 Å². The average molecular weight is 275 g/mol. The van der Waals surface area contributed by atoms with Crippen molar-refractivity contribution in [2.45, 2.75) is 19.5 Å². The summed E-state index contributed by atoms with van der Waals surface area (Å²) < 4.78 is 29.0. The summed E-state index contributed by atoms with van der Waals surface area (Å²) >= 11 is 0. The van der Waals surface area contributed by atoms with Crippen molar-refractivity contribution in [1.82, 2.24) is 14.9 Å². The molecule has 0 amide bonds. The Morgan fingerprint density at radius 1 is 1.50 bits per heavy atom. The summed E-state index contributed by atoms with van der Waals surface area (Å²) in [6.07, 6.45) is 5.39. The molecule has 1 heterocycles. The zero-order valence-electron chi connectivity index (χ0n) is 10.9. The first kappa shape index (κ1) is 15.1. The van der Waals surface area contributed by atoms with E-state index in [2.05, 4.69) is 10.3 Å². The number of ether oxygens (including phenoxy) is 1. The molecular formula is C11H21N3O3S. The van der Waals surface area contributed by atoms with Crippen LogP contribution in [0.1, 0.15) is 12.1 Å². The average Bonchev–Trinajstić information content (AvgIpc) is 2.71. The van der Waals surface area contributed by atoms with Crippen LogP contribution in [0.4, 0.5) is 0 Å². The summed E-state index contributed by atoms with van der Waals surface area (Å²) in [5, 5.41) is 3.23. The Hall–Kier alpha value is -0.920. The van der Waals surface area contributed by atoms with Crippen molar-refractivity contribution in [2.24, 2.45) is 0 Å². The third-order valence-corrected chi connectivity index (χ3v) is 3.53. The molecule has 7 heteroatoms. The first-order chi connectivity index (χ1) is 8.53. The third-order valence-electron chi connectivity index (χ3n) is 2.50. The SMILES string of the molecule is COCCNCc1cncn1CCCS(C)(=O)=O. The van der Waals surface area contributed by atoms with Gasteiger partial charge in [0.2, 0.25) is 0 Å². The molecule has 0 fully saturated rings. The van der Waals surface area contributed by atoms with Crippen molar-refractivity contribution < 1.29 is 13.2 Å². The fourth-order valence-electron chi connectivity index (χ4n) is 1.58. The van der Waals surface area contributed by atoms with E-state index >= 15 is 0 Å². The lowest BCUT2D eigenvalue weighted by Crippen LogP contribution is -2.20. The quantitative estimate of drug-likeness (QED) is 0.645. The number of imidazole rings is 1. The second-order valence-corrected chi connectivity index (χ2v) is 6.49. The number of rotatable bonds is 9. The molecule has 0 spiro atoms. The monoisotopic (exact) mass is 275 g/mol. The maximum Gasteiger partial charge on any atom is 0.147 e. The molecule has 0 aliphatic heterocycles. The topological polar surface area (TPSA) is 73.2 Å². The highest BCUT2D eigenvalue weighted by Gasteiger charge is 2.05. The van der Waals surface area contributed by atoms with Gasteiger partial charge in [0.15, 0.2) is 0 Å². The summed E-state index contributed by atoms with van der Waals surface area (Å²) in [5.74, 6) is 0.210. The first-order valence-corrected chi connectivity index (χ1v) is 7.95. The van der Waals surface area contributed by atoms with Crippen LogP contribution in [0.5, 0.6) is 0 Å². The normalized spacial score (nSPS) is 11.9. The zero-order valence-corrected chi connectivity index (χ0v) is 11.7. The number of hydrogen-bond acceptors (Lipinski definition) is 5. The Balaban J connectivity index is 2.35. The molecule has 0 bridgehead atoms. The summed E-state index contributed by atoms with van der Waals surface area (Å²) in [4.78, 5) is 4.08. The zero-order chi connectivity index (χ0) is 13.4. The Morgan fingerprint density at radius 3 is 2.94 bits per heavy atom. The van der Waals surface area contributed by atoms with Crippen molar-refractivity contribution in [3.8, 4) is 0 Å². The fourth-order valence-corrected chi connectivity index (χ4v) is 2.24. The Kier molecular flexibility index (Phi) is 6.31. The minimum atomic E-state index is -2.88. The molecule has 0 aliphatic rings. The van der Waals surface area contributed by atoms with Gasteiger partial charge in [-0.1, -0.05) is 0 Å². The highest BCUT2D eigenvalue weighted by molar-refractivity contribution is 7.90. The Labute approximate surface area is 108 Å². The maximum absolute atomic E-state index is 11.0. The van der Waals surface area contributed by atoms with Gasteiger partial charge in [0.1, 0.15) is 9.84 Å². The van der Waals surface area contributed by atoms with Crippen LogP contribution in [0.2, 0.25) is 0 Å². The molecule has 104 valence electrons. The number of sulfone groups is 1. The fraction of sp³-hybridized carbons (Fsp3) is 0.727. The highest BCUT2D eigenvalue weighted by atomic mass is 32.2. The molecule has 0 radical (unpaired) electrons. The predicted octanol–water partition coefficient (Wildman–Crippen LogP) is 0.0538. The minimum Gasteiger partial charge on any atom is -0.383 e. The van der Waals surface area contributed by atoms with Gasteiger partial charge in [-0.05, 0) is 6.42 Å². The first-order valence-electron chi connectivity index (χ1n) is 5.89. The van der Waals surface area contributed by atoms with Crippen LogP contribution < -0.4 is 5.32 Å². The molecule has 0 aliphatic carbocycles. The van der Waals surface area contributed by atoms with Crippen molar-refractivity contribution in [2.75, 3.05) is 32.3 Å². The van der Waals surface area contributed by atoms with Crippen LogP contribution in [0, 0.1) is 0 Å². The van der Waals surface area contributed by atoms with Gasteiger partial charge in [0.05, 0.1) is 24.4 Å². The molecule has 1 aromatic heterocycles. The van der Waals surface area contributed by atoms with E-state index in [4.69, 9.17) is 4.74 Å². The van der Waals surface area contributed by atoms with E-state index in [0.717, 1.165) is 12.2 Å². The Bertz CT molecular complexity index is 442. The van der Waals surface area contributed by atoms with Gasteiger partial charge in [-0.25, -0.2) is 13.4 Å². The molecule has 0 aromatic carbocycles. The van der Waals surface area contributed by atoms with E-state index in [-0.39, 0.29) is 5.75 Å². The number of aromatic nitrogens is 2. The van der Waals surface area contributed by atoms with Gasteiger partial charge in [-0.2, -0.15) is 0 Å². The summed E-state index contributed by atoms with van der Waals surface area (Å²) in [6.45, 7) is 2.84. The molecule has 6 nitrogen and oxygen atoms in total. The van der Waals surface area contributed by atoms with Gasteiger partial charge < -0.3 is 14.6 Å². The van der Waals surface area contributed by atoms with E-state index in [1.807, 2.05) is 4.57 Å². The molecule has 0 unspecified atom stereocenters. The van der Waals surface area contributed by atoms with Crippen LogP contribution >= 0.6 is 0 Å². The van der Waals surface area contributed by atoms with Crippen LogP contribution in [0.25, 0.3) is 0 Å². The molecule has 1 aromatic rings. The predicted molar refractivity (Wildman–Crippen MR) is 70.1 cm³/mol. The lowest BCUT2D eigenvalue weighted by molar-refractivity contribution is 0.199. The number of nitrogens with zero attached hydrogens (tertiary/aromatic N) is 2. The molecule has 1 rings (SSSR count). The lowest BCUT2D eigenvalue weighted by atomic mass is 10.4. The van der Waals surface area contributed by atoms with Gasteiger partial charge in [-0.3, -0.25) is 0 Å². The highest BCUT2D eigenvalue weighted by Crippen LogP contribution is 2.01. The molecule has 0 atom stereocenters. The minimum absolute atomic E-state index is 0.210. The van der Waals surface area contributed by atoms with Gasteiger partial charge in [-0.15, -0.1) is 0 Å². The molecular weight excluding hydrogens is 254 g/mol. The van der Waals surface area contributed by atoms with Crippen molar-refractivity contribution >= 4 is 9.84 Å². The van der Waals surface area contributed by atoms with Crippen molar-refractivity contribution in [3.05, 3.63) is 18.2 Å². The number of methoxy groups -OCH3 is 1. The maximum atomic E-state index is 11.0. The second kappa shape index (κ2) is 7.50. The van der Waals surface area contributed by atoms with Gasteiger partial charge in [0, 0.05) is 39.2 Å². The van der Waals surface area contributed by atoms with Crippen molar-refractivity contribution in [1.29, 1.82) is 0 Å². The van der Waals surface area contributed by atoms with Crippen LogP contribution in [0.3, 0.4) is 0 Å². The van der Waals surface area contributed by atoms with Gasteiger partial charge in [0.25, 0.3) is 0 Å². The van der Waals surface area contributed by atoms with E-state index < -0.39 is 9.84 Å². The molecule has 18 heavy (non-hydrogen) atoms. The van der Waals surface area contributed by atoms with Crippen LogP contribution in [-0.2, 0) is 27.7 Å². The number of nitrogens with one attached hydrogen (secondary N) is 1. The standard InChI is InChI=1S/C11H21N3O3S/c1-17-6-4-12-8-11-9-13-10-14(11)5-3-7-18(2,15)16/h9-10,12H,3-8H2,1-2H3. The number of aryl methyl sites for hydroxylation is 1.